The first-order valence-electron chi connectivity index (χ1n) is 13.9. The van der Waals surface area contributed by atoms with Crippen LogP contribution in [-0.2, 0) is 14.3 Å². The van der Waals surface area contributed by atoms with Gasteiger partial charge < -0.3 is 9.84 Å². The van der Waals surface area contributed by atoms with Gasteiger partial charge in [-0.15, -0.1) is 0 Å². The molecule has 0 aromatic rings. The smallest absolute Gasteiger partial charge is 0.335 e. The van der Waals surface area contributed by atoms with Gasteiger partial charge in [-0.2, -0.15) is 0 Å². The fourth-order valence-corrected chi connectivity index (χ4v) is 4.20. The molecule has 0 unspecified atom stereocenters. The molecule has 0 aromatic heterocycles. The number of carbonyl (C=O) groups excluding carboxylic acids is 1. The monoisotopic (exact) mass is 464 g/mol. The van der Waals surface area contributed by atoms with Crippen LogP contribution in [0.3, 0.4) is 0 Å². The molecule has 0 spiro atoms. The zero-order valence-electron chi connectivity index (χ0n) is 21.4. The summed E-state index contributed by atoms with van der Waals surface area (Å²) in [5.41, 5.74) is 0. The highest BCUT2D eigenvalue weighted by Crippen LogP contribution is 2.15. The third-order valence-corrected chi connectivity index (χ3v) is 6.21. The molecular weight excluding hydrogens is 412 g/mol. The molecule has 0 rings (SSSR count). The molecule has 0 saturated carbocycles. The second kappa shape index (κ2) is 26.7. The Morgan fingerprint density at radius 3 is 1.24 bits per heavy atom. The van der Waals surface area contributed by atoms with Crippen molar-refractivity contribution in [1.29, 1.82) is 0 Å². The molecule has 0 heterocycles. The molecule has 0 aromatic carbocycles. The van der Waals surface area contributed by atoms with Gasteiger partial charge in [0.25, 0.3) is 0 Å². The molecule has 33 heavy (non-hydrogen) atoms. The average molecular weight is 465 g/mol. The van der Waals surface area contributed by atoms with E-state index >= 15 is 0 Å². The number of carboxylic acids is 1. The molecule has 192 valence electrons. The maximum atomic E-state index is 11.1. The van der Waals surface area contributed by atoms with Crippen molar-refractivity contribution >= 4 is 11.9 Å². The molecule has 0 atom stereocenters. The van der Waals surface area contributed by atoms with Crippen molar-refractivity contribution in [3.63, 3.8) is 0 Å². The highest BCUT2D eigenvalue weighted by Gasteiger charge is 1.98. The van der Waals surface area contributed by atoms with E-state index in [9.17, 15) is 9.59 Å². The summed E-state index contributed by atoms with van der Waals surface area (Å²) in [7, 11) is 0. The fourth-order valence-electron chi connectivity index (χ4n) is 4.20. The van der Waals surface area contributed by atoms with Crippen molar-refractivity contribution in [2.75, 3.05) is 0 Å². The van der Waals surface area contributed by atoms with Gasteiger partial charge in [-0.05, 0) is 19.3 Å². The number of ether oxygens (including phenoxy) is 1. The Hall–Kier alpha value is -1.58. The van der Waals surface area contributed by atoms with E-state index < -0.39 is 5.97 Å². The third-order valence-electron chi connectivity index (χ3n) is 6.21. The quantitative estimate of drug-likeness (QED) is 0.0599. The van der Waals surface area contributed by atoms with Crippen LogP contribution in [0.1, 0.15) is 148 Å². The lowest BCUT2D eigenvalue weighted by atomic mass is 10.0. The normalized spacial score (nSPS) is 11.2. The minimum absolute atomic E-state index is 0.333. The molecule has 0 amide bonds. The second-order valence-corrected chi connectivity index (χ2v) is 9.36. The highest BCUT2D eigenvalue weighted by molar-refractivity contribution is 5.82. The van der Waals surface area contributed by atoms with Crippen LogP contribution in [0.15, 0.2) is 25.0 Å². The first-order chi connectivity index (χ1) is 16.2. The zero-order chi connectivity index (χ0) is 24.2. The fraction of sp³-hybridized carbons (Fsp3) is 0.793. The Bertz CT molecular complexity index is 484. The molecule has 1 N–H and O–H groups in total. The third kappa shape index (κ3) is 28.4. The Labute approximate surface area is 204 Å². The van der Waals surface area contributed by atoms with Crippen molar-refractivity contribution in [2.45, 2.75) is 148 Å². The van der Waals surface area contributed by atoms with E-state index in [-0.39, 0.29) is 5.97 Å². The van der Waals surface area contributed by atoms with Crippen molar-refractivity contribution in [1.82, 2.24) is 0 Å². The molecular formula is C29H52O4. The van der Waals surface area contributed by atoms with Gasteiger partial charge in [-0.3, -0.25) is 4.79 Å². The van der Waals surface area contributed by atoms with E-state index in [1.807, 2.05) is 6.08 Å². The van der Waals surface area contributed by atoms with Crippen LogP contribution in [0.25, 0.3) is 0 Å². The van der Waals surface area contributed by atoms with Crippen molar-refractivity contribution in [3.05, 3.63) is 25.0 Å². The lowest BCUT2D eigenvalue weighted by molar-refractivity contribution is -0.137. The number of aliphatic carboxylic acids is 1. The molecule has 4 nitrogen and oxygen atoms in total. The maximum Gasteiger partial charge on any atom is 0.335 e. The number of allylic oxidation sites excluding steroid dienone is 1. The van der Waals surface area contributed by atoms with E-state index in [1.165, 1.54) is 122 Å². The van der Waals surface area contributed by atoms with Crippen LogP contribution >= 0.6 is 0 Å². The molecule has 0 aliphatic carbocycles. The SMILES string of the molecule is C=COC(=O)C=CCCCCCCCCCCCCCCCCCCCCCCCC(=O)O. The maximum absolute atomic E-state index is 11.1. The molecule has 0 bridgehead atoms. The molecule has 0 radical (unpaired) electrons. The number of rotatable bonds is 26. The Kier molecular flexibility index (Phi) is 25.4. The molecule has 4 heteroatoms. The number of carbonyl (C=O) groups is 2. The predicted octanol–water partition coefficient (Wildman–Crippen LogP) is 9.29. The van der Waals surface area contributed by atoms with Gasteiger partial charge in [0, 0.05) is 12.5 Å². The van der Waals surface area contributed by atoms with Gasteiger partial charge in [0.1, 0.15) is 0 Å². The Morgan fingerprint density at radius 1 is 0.576 bits per heavy atom. The van der Waals surface area contributed by atoms with Crippen LogP contribution in [0.2, 0.25) is 0 Å². The first-order valence-corrected chi connectivity index (χ1v) is 13.9. The summed E-state index contributed by atoms with van der Waals surface area (Å²) >= 11 is 0. The molecule has 0 aliphatic rings. The second-order valence-electron chi connectivity index (χ2n) is 9.36. The summed E-state index contributed by atoms with van der Waals surface area (Å²) in [5, 5.41) is 8.60. The van der Waals surface area contributed by atoms with Gasteiger partial charge >= 0.3 is 11.9 Å². The van der Waals surface area contributed by atoms with E-state index in [0.29, 0.717) is 6.42 Å². The van der Waals surface area contributed by atoms with Crippen LogP contribution in [0.5, 0.6) is 0 Å². The topological polar surface area (TPSA) is 63.6 Å². The number of hydrogen-bond donors (Lipinski definition) is 1. The van der Waals surface area contributed by atoms with Gasteiger partial charge in [-0.25, -0.2) is 4.79 Å². The summed E-state index contributed by atoms with van der Waals surface area (Å²) in [4.78, 5) is 21.5. The van der Waals surface area contributed by atoms with Crippen molar-refractivity contribution in [2.24, 2.45) is 0 Å². The lowest BCUT2D eigenvalue weighted by Gasteiger charge is -2.04. The molecule has 0 aliphatic heterocycles. The Balaban J connectivity index is 3.10. The zero-order valence-corrected chi connectivity index (χ0v) is 21.4. The van der Waals surface area contributed by atoms with Crippen LogP contribution in [-0.4, -0.2) is 17.0 Å². The summed E-state index contributed by atoms with van der Waals surface area (Å²) < 4.78 is 4.63. The van der Waals surface area contributed by atoms with E-state index in [0.717, 1.165) is 31.9 Å². The van der Waals surface area contributed by atoms with Gasteiger partial charge in [0.05, 0.1) is 6.26 Å². The minimum atomic E-state index is -0.661. The van der Waals surface area contributed by atoms with Crippen molar-refractivity contribution < 1.29 is 19.4 Å². The number of unbranched alkanes of at least 4 members (excludes halogenated alkanes) is 21. The van der Waals surface area contributed by atoms with E-state index in [4.69, 9.17) is 5.11 Å². The van der Waals surface area contributed by atoms with Gasteiger partial charge in [-0.1, -0.05) is 135 Å². The van der Waals surface area contributed by atoms with Crippen LogP contribution < -0.4 is 0 Å². The highest BCUT2D eigenvalue weighted by atomic mass is 16.5. The minimum Gasteiger partial charge on any atom is -0.481 e. The molecule has 0 saturated heterocycles. The number of esters is 1. The lowest BCUT2D eigenvalue weighted by Crippen LogP contribution is -1.93. The van der Waals surface area contributed by atoms with Gasteiger partial charge in [0.2, 0.25) is 0 Å². The largest absolute Gasteiger partial charge is 0.481 e. The average Bonchev–Trinajstić information content (AvgIpc) is 2.79. The van der Waals surface area contributed by atoms with Crippen LogP contribution in [0, 0.1) is 0 Å². The number of carboxylic acid groups (broad SMARTS) is 1. The van der Waals surface area contributed by atoms with Gasteiger partial charge in [0.15, 0.2) is 0 Å². The summed E-state index contributed by atoms with van der Waals surface area (Å²) in [6.07, 6.45) is 33.2. The summed E-state index contributed by atoms with van der Waals surface area (Å²) in [6.45, 7) is 3.36. The predicted molar refractivity (Wildman–Crippen MR) is 139 cm³/mol. The van der Waals surface area contributed by atoms with E-state index in [2.05, 4.69) is 11.3 Å². The van der Waals surface area contributed by atoms with Crippen molar-refractivity contribution in [3.8, 4) is 0 Å². The summed E-state index contributed by atoms with van der Waals surface area (Å²) in [6, 6.07) is 0. The van der Waals surface area contributed by atoms with Crippen LogP contribution in [0.4, 0.5) is 0 Å². The summed E-state index contributed by atoms with van der Waals surface area (Å²) in [5.74, 6) is -0.998. The first kappa shape index (κ1) is 31.4. The number of hydrogen-bond acceptors (Lipinski definition) is 3. The Morgan fingerprint density at radius 2 is 0.909 bits per heavy atom. The molecule has 0 fully saturated rings. The van der Waals surface area contributed by atoms with E-state index in [1.54, 1.807) is 0 Å². The standard InChI is InChI=1S/C29H52O4/c1-2-33-29(32)27-25-23-21-19-17-15-13-11-9-7-5-3-4-6-8-10-12-14-16-18-20-22-24-26-28(30)31/h2,25,27H,1,3-24,26H2,(H,30,31).